The predicted molar refractivity (Wildman–Crippen MR) is 303 cm³/mol. The third-order valence-electron chi connectivity index (χ3n) is 18.7. The first-order chi connectivity index (χ1) is 45.0. The Hall–Kier alpha value is 1.06. The number of allylic oxidation sites excluding steroid dienone is 1. The van der Waals surface area contributed by atoms with Gasteiger partial charge in [-0.3, -0.25) is 0 Å². The van der Waals surface area contributed by atoms with Crippen LogP contribution in [0.3, 0.4) is 0 Å². The van der Waals surface area contributed by atoms with Gasteiger partial charge in [-0.1, -0.05) is 31.2 Å². The molecule has 8 heterocycles. The van der Waals surface area contributed by atoms with E-state index in [1.165, 1.54) is 19.9 Å². The summed E-state index contributed by atoms with van der Waals surface area (Å²) in [4.78, 5) is 0. The smallest absolute Gasteiger partial charge is 0.187 e. The van der Waals surface area contributed by atoms with Gasteiger partial charge in [0.25, 0.3) is 0 Å². The van der Waals surface area contributed by atoms with E-state index in [4.69, 9.17) is 71.1 Å². The summed E-state index contributed by atoms with van der Waals surface area (Å²) in [7, 11) is 0. The molecule has 0 amide bonds. The molecule has 0 aromatic rings. The van der Waals surface area contributed by atoms with E-state index in [2.05, 4.69) is 0 Å². The molecule has 0 aliphatic carbocycles. The van der Waals surface area contributed by atoms with Gasteiger partial charge in [-0.2, -0.15) is 0 Å². The second kappa shape index (κ2) is 38.7. The van der Waals surface area contributed by atoms with Crippen molar-refractivity contribution in [2.75, 3.05) is 46.2 Å². The molecular formula is C56H96Ac2N2O37-2. The number of nitrogens with one attached hydrogen (secondary N) is 2. The van der Waals surface area contributed by atoms with Gasteiger partial charge in [0.1, 0.15) is 153 Å². The number of aliphatic hydroxyl groups is 22. The largest absolute Gasteiger partial charge is 0.668 e. The third kappa shape index (κ3) is 19.5. The van der Waals surface area contributed by atoms with Crippen LogP contribution in [0.2, 0.25) is 0 Å². The summed E-state index contributed by atoms with van der Waals surface area (Å²) in [5.74, 6) is -1.99. The molecule has 24 N–H and O–H groups in total. The molecule has 0 spiro atoms. The Bertz CT molecular complexity index is 2350. The van der Waals surface area contributed by atoms with Crippen molar-refractivity contribution in [3.63, 3.8) is 0 Å². The number of ether oxygens (including phenoxy) is 15. The van der Waals surface area contributed by atoms with Crippen LogP contribution in [0.5, 0.6) is 0 Å². The van der Waals surface area contributed by atoms with Gasteiger partial charge < -0.3 is 195 Å². The minimum atomic E-state index is -2.20. The second-order valence-corrected chi connectivity index (χ2v) is 25.2. The minimum absolute atomic E-state index is 0. The average molecular weight is 1840 g/mol. The molecule has 41 heteroatoms. The zero-order valence-electron chi connectivity index (χ0n) is 53.2. The zero-order chi connectivity index (χ0) is 69.9. The molecule has 0 aromatic heterocycles. The van der Waals surface area contributed by atoms with E-state index >= 15 is 0 Å². The van der Waals surface area contributed by atoms with Crippen molar-refractivity contribution in [2.24, 2.45) is 11.8 Å². The van der Waals surface area contributed by atoms with Gasteiger partial charge in [0, 0.05) is 100.0 Å². The SMILES string of the molecule is C/C=C/C(O)[C@@H](C)CO[C@@H]1OC(CO)[C@H](C[C@@H]2OC(CO[C@@H]3OC(CO)[C@H](O[C@@H]4OC(CO)[C@H](O)C(O)C4O)C(OC4OC(C)[C@@H](O)C(O)C4O)C3[NH-])[C@H](O)C(O[C@@H]3OC(CO)[C@H](O[C@@H]4OC(C)[C@H](O)C(O)C4O)C(O[C@@H]4OC(CO)[C@H](O)C(O)C4O)C3[NH-])C2O)C(O)C1O.[Ac].[Ac]. The maximum atomic E-state index is 12.4. The fraction of sp³-hybridized carbons (Fsp3) is 0.964. The van der Waals surface area contributed by atoms with Crippen molar-refractivity contribution in [3.8, 4) is 0 Å². The van der Waals surface area contributed by atoms with E-state index in [1.54, 1.807) is 19.9 Å². The van der Waals surface area contributed by atoms with E-state index < -0.39 is 303 Å². The van der Waals surface area contributed by atoms with Crippen LogP contribution < -0.4 is 0 Å². The Balaban J connectivity index is 0.00000743. The van der Waals surface area contributed by atoms with E-state index in [9.17, 15) is 124 Å². The van der Waals surface area contributed by atoms with Crippen LogP contribution in [0.4, 0.5) is 0 Å². The minimum Gasteiger partial charge on any atom is -0.668 e. The maximum absolute atomic E-state index is 12.4. The standard InChI is InChI=1S/C56H96N2O37.2Ac/c1-5-6-19(64)15(2)13-81-52-40(76)31(67)18(21(8-59)86-52)7-20-34(70)49(95-51-28(58)48(94-56-44(80)39(75)33(69)23(10-61)88-56)46(25(12-63)90-51)91-53-41(77)36(72)29(65)16(3)83-53)35(71)26(85-20)14-82-50-27(57)47(93-54-42(78)37(73)30(66)17(4)84-54)45(24(11-62)89-50)92-55-43(79)38(74)32(68)22(9-60)87-55;;/h5-6,15-80H,7-14H2,1-4H3;;/q-2;;/b6-5+;;/t15-,16?,17?,18-,19?,20-,21?,22?,23?,24?,25?,26?,27?,28?,29-,30+,31?,32-,33-,34?,35-,36?,37?,38?,39?,40?,41?,42?,43?,44?,45-,46-,47?,48?,49?,50+,51-,52+,53-,54?,55-,56-;;/m0../s1. The number of hydrogen-bond donors (Lipinski definition) is 22. The summed E-state index contributed by atoms with van der Waals surface area (Å²) in [6, 6.07) is -4.12. The molecule has 0 aromatic carbocycles. The molecule has 560 valence electrons. The van der Waals surface area contributed by atoms with Crippen LogP contribution in [0.1, 0.15) is 34.1 Å². The molecule has 8 rings (SSSR count). The van der Waals surface area contributed by atoms with Crippen molar-refractivity contribution in [3.05, 3.63) is 23.6 Å². The van der Waals surface area contributed by atoms with Gasteiger partial charge in [0.2, 0.25) is 0 Å². The molecule has 8 saturated heterocycles. The summed E-state index contributed by atoms with van der Waals surface area (Å²) in [5.41, 5.74) is 19.1. The van der Waals surface area contributed by atoms with E-state index in [0.717, 1.165) is 0 Å². The quantitative estimate of drug-likeness (QED) is 0.0377. The number of rotatable bonds is 25. The van der Waals surface area contributed by atoms with Gasteiger partial charge in [-0.05, 0) is 27.2 Å². The Kier molecular flexibility index (Phi) is 34.7. The van der Waals surface area contributed by atoms with Crippen LogP contribution in [0.15, 0.2) is 12.2 Å². The molecule has 39 nitrogen and oxygen atoms in total. The summed E-state index contributed by atoms with van der Waals surface area (Å²) in [6.45, 7) is -0.189. The monoisotopic (exact) mass is 1840 g/mol. The predicted octanol–water partition coefficient (Wildman–Crippen LogP) is -12.0. The Morgan fingerprint density at radius 1 is 0.361 bits per heavy atom. The van der Waals surface area contributed by atoms with Crippen LogP contribution in [-0.2, 0) is 71.1 Å². The fourth-order valence-electron chi connectivity index (χ4n) is 12.7. The van der Waals surface area contributed by atoms with Crippen molar-refractivity contribution in [2.45, 2.75) is 279 Å². The number of aliphatic hydroxyl groups excluding tert-OH is 22. The van der Waals surface area contributed by atoms with E-state index in [-0.39, 0.29) is 94.7 Å². The molecule has 8 aliphatic heterocycles. The van der Waals surface area contributed by atoms with Gasteiger partial charge in [-0.25, -0.2) is 0 Å². The first-order valence-corrected chi connectivity index (χ1v) is 31.4. The molecule has 0 bridgehead atoms. The van der Waals surface area contributed by atoms with E-state index in [0.29, 0.717) is 0 Å². The maximum Gasteiger partial charge on any atom is 0.187 e. The normalized spacial score (nSPS) is 50.7. The third-order valence-corrected chi connectivity index (χ3v) is 18.7. The molecule has 97 heavy (non-hydrogen) atoms. The van der Waals surface area contributed by atoms with Crippen molar-refractivity contribution >= 4 is 0 Å². The topological polar surface area (TPSA) is 631 Å². The molecule has 42 atom stereocenters. The van der Waals surface area contributed by atoms with Crippen LogP contribution >= 0.6 is 0 Å². The van der Waals surface area contributed by atoms with Crippen molar-refractivity contribution < 1.29 is 272 Å². The Labute approximate surface area is 627 Å². The molecule has 26 unspecified atom stereocenters. The first kappa shape index (κ1) is 87.0. The van der Waals surface area contributed by atoms with Crippen molar-refractivity contribution in [1.29, 1.82) is 0 Å². The molecule has 2 radical (unpaired) electrons. The molecule has 0 saturated carbocycles. The first-order valence-electron chi connectivity index (χ1n) is 31.4. The Morgan fingerprint density at radius 2 is 0.722 bits per heavy atom. The van der Waals surface area contributed by atoms with Crippen LogP contribution in [0.25, 0.3) is 11.5 Å². The number of hydrogen-bond acceptors (Lipinski definition) is 37. The van der Waals surface area contributed by atoms with Gasteiger partial charge in [0.05, 0.1) is 95.1 Å². The van der Waals surface area contributed by atoms with Gasteiger partial charge in [0.15, 0.2) is 31.5 Å². The molecule has 8 fully saturated rings. The Morgan fingerprint density at radius 3 is 1.16 bits per heavy atom. The second-order valence-electron chi connectivity index (χ2n) is 25.2. The summed E-state index contributed by atoms with van der Waals surface area (Å²) in [5, 5.41) is 240. The average Bonchev–Trinajstić information content (AvgIpc) is 0.773. The zero-order valence-corrected chi connectivity index (χ0v) is 62.7. The fourth-order valence-corrected chi connectivity index (χ4v) is 12.7. The molecular weight excluding hydrogens is 1750 g/mol. The summed E-state index contributed by atoms with van der Waals surface area (Å²) in [6.07, 6.45) is -67.5. The van der Waals surface area contributed by atoms with Gasteiger partial charge >= 0.3 is 0 Å². The van der Waals surface area contributed by atoms with Crippen LogP contribution in [-0.4, -0.2) is 404 Å². The van der Waals surface area contributed by atoms with Crippen molar-refractivity contribution in [1.82, 2.24) is 0 Å². The van der Waals surface area contributed by atoms with Crippen LogP contribution in [0, 0.1) is 100.0 Å². The van der Waals surface area contributed by atoms with Gasteiger partial charge in [-0.15, -0.1) is 0 Å². The summed E-state index contributed by atoms with van der Waals surface area (Å²) >= 11 is 0. The molecule has 8 aliphatic rings. The summed E-state index contributed by atoms with van der Waals surface area (Å²) < 4.78 is 89.1. The van der Waals surface area contributed by atoms with E-state index in [1.807, 2.05) is 0 Å².